The molecule has 3 N–H and O–H groups in total. The van der Waals surface area contributed by atoms with Crippen molar-refractivity contribution in [2.45, 2.75) is 31.7 Å². The van der Waals surface area contributed by atoms with E-state index >= 15 is 0 Å². The Bertz CT molecular complexity index is 575. The summed E-state index contributed by atoms with van der Waals surface area (Å²) in [5.41, 5.74) is 5.93. The molecule has 0 aromatic heterocycles. The average Bonchev–Trinajstić information content (AvgIpc) is 2.26. The Morgan fingerprint density at radius 2 is 1.84 bits per heavy atom. The minimum atomic E-state index is -3.73. The molecule has 0 aliphatic carbocycles. The number of rotatable bonds is 5. The van der Waals surface area contributed by atoms with Crippen LogP contribution in [0.2, 0.25) is 0 Å². The van der Waals surface area contributed by atoms with Gasteiger partial charge in [0.05, 0.1) is 9.82 Å². The molecule has 0 saturated heterocycles. The predicted octanol–water partition coefficient (Wildman–Crippen LogP) is 0.837. The number of benzene rings is 1. The molecule has 0 aliphatic rings. The summed E-state index contributed by atoms with van der Waals surface area (Å²) in [6.45, 7) is 4.88. The molecule has 1 rings (SSSR count). The van der Waals surface area contributed by atoms with Gasteiger partial charge in [0.2, 0.25) is 10.0 Å². The first-order valence-electron chi connectivity index (χ1n) is 5.67. The molecule has 0 aliphatic heterocycles. The third-order valence-electron chi connectivity index (χ3n) is 2.63. The number of hydrogen-bond acceptors (Lipinski definition) is 5. The van der Waals surface area contributed by atoms with Crippen molar-refractivity contribution in [3.05, 3.63) is 33.4 Å². The fraction of sp³-hybridized carbons (Fsp3) is 0.455. The zero-order valence-corrected chi connectivity index (χ0v) is 11.8. The van der Waals surface area contributed by atoms with Crippen LogP contribution in [0.15, 0.2) is 17.0 Å². The van der Waals surface area contributed by atoms with E-state index in [9.17, 15) is 18.5 Å². The molecular weight excluding hydrogens is 270 g/mol. The molecule has 0 radical (unpaired) electrons. The fourth-order valence-electron chi connectivity index (χ4n) is 1.83. The number of nitro groups is 1. The summed E-state index contributed by atoms with van der Waals surface area (Å²) in [4.78, 5) is 10.2. The highest BCUT2D eigenvalue weighted by Crippen LogP contribution is 2.25. The van der Waals surface area contributed by atoms with Gasteiger partial charge >= 0.3 is 0 Å². The fourth-order valence-corrected chi connectivity index (χ4v) is 3.54. The van der Waals surface area contributed by atoms with Crippen molar-refractivity contribution in [2.75, 3.05) is 6.54 Å². The van der Waals surface area contributed by atoms with E-state index in [1.54, 1.807) is 6.92 Å². The number of non-ortho nitro benzene ring substituents is 1. The highest BCUT2D eigenvalue weighted by molar-refractivity contribution is 7.89. The minimum absolute atomic E-state index is 0.0680. The van der Waals surface area contributed by atoms with Crippen LogP contribution in [0.3, 0.4) is 0 Å². The van der Waals surface area contributed by atoms with Crippen molar-refractivity contribution in [1.29, 1.82) is 0 Å². The second-order valence-corrected chi connectivity index (χ2v) is 6.07. The first-order chi connectivity index (χ1) is 8.69. The molecule has 1 atom stereocenters. The highest BCUT2D eigenvalue weighted by atomic mass is 32.2. The zero-order chi connectivity index (χ0) is 14.8. The summed E-state index contributed by atoms with van der Waals surface area (Å²) >= 11 is 0. The SMILES string of the molecule is Cc1cc([N+](=O)[O-])cc(C)c1S(=O)(=O)N[C@@H](C)CN. The van der Waals surface area contributed by atoms with Crippen LogP contribution in [-0.4, -0.2) is 25.9 Å². The minimum Gasteiger partial charge on any atom is -0.329 e. The van der Waals surface area contributed by atoms with E-state index in [-0.39, 0.29) is 17.1 Å². The Hall–Kier alpha value is -1.51. The van der Waals surface area contributed by atoms with Crippen molar-refractivity contribution < 1.29 is 13.3 Å². The van der Waals surface area contributed by atoms with Crippen LogP contribution in [0.25, 0.3) is 0 Å². The molecule has 0 spiro atoms. The molecule has 7 nitrogen and oxygen atoms in total. The average molecular weight is 287 g/mol. The lowest BCUT2D eigenvalue weighted by Crippen LogP contribution is -2.38. The number of sulfonamides is 1. The number of nitrogens with zero attached hydrogens (tertiary/aromatic N) is 1. The van der Waals surface area contributed by atoms with Gasteiger partial charge < -0.3 is 5.73 Å². The number of nitro benzene ring substituents is 1. The first kappa shape index (κ1) is 15.5. The molecule has 1 aromatic rings. The van der Waals surface area contributed by atoms with E-state index in [1.165, 1.54) is 26.0 Å². The molecule has 0 saturated carbocycles. The molecular formula is C11H17N3O4S. The van der Waals surface area contributed by atoms with Gasteiger partial charge in [-0.15, -0.1) is 0 Å². The van der Waals surface area contributed by atoms with Crippen LogP contribution < -0.4 is 10.5 Å². The Balaban J connectivity index is 3.32. The summed E-state index contributed by atoms with van der Waals surface area (Å²) in [7, 11) is -3.73. The Morgan fingerprint density at radius 3 is 2.21 bits per heavy atom. The van der Waals surface area contributed by atoms with Gasteiger partial charge in [0.1, 0.15) is 0 Å². The van der Waals surface area contributed by atoms with Gasteiger partial charge in [0.25, 0.3) is 5.69 Å². The Labute approximate surface area is 112 Å². The lowest BCUT2D eigenvalue weighted by Gasteiger charge is -2.15. The summed E-state index contributed by atoms with van der Waals surface area (Å²) in [6, 6.07) is 2.09. The summed E-state index contributed by atoms with van der Waals surface area (Å²) in [6.07, 6.45) is 0. The summed E-state index contributed by atoms with van der Waals surface area (Å²) < 4.78 is 26.8. The molecule has 0 unspecified atom stereocenters. The molecule has 0 heterocycles. The maximum Gasteiger partial charge on any atom is 0.270 e. The lowest BCUT2D eigenvalue weighted by molar-refractivity contribution is -0.385. The normalized spacial score (nSPS) is 13.3. The van der Waals surface area contributed by atoms with Crippen LogP contribution in [0.5, 0.6) is 0 Å². The van der Waals surface area contributed by atoms with Gasteiger partial charge in [0, 0.05) is 24.7 Å². The molecule has 1 aromatic carbocycles. The molecule has 0 bridgehead atoms. The van der Waals surface area contributed by atoms with Crippen molar-refractivity contribution in [3.8, 4) is 0 Å². The van der Waals surface area contributed by atoms with Crippen LogP contribution in [0.4, 0.5) is 5.69 Å². The van der Waals surface area contributed by atoms with E-state index in [2.05, 4.69) is 4.72 Å². The predicted molar refractivity (Wildman–Crippen MR) is 71.4 cm³/mol. The number of aryl methyl sites for hydroxylation is 2. The maximum absolute atomic E-state index is 12.2. The third-order valence-corrected chi connectivity index (χ3v) is 4.53. The van der Waals surface area contributed by atoms with E-state index in [4.69, 9.17) is 5.73 Å². The monoisotopic (exact) mass is 287 g/mol. The van der Waals surface area contributed by atoms with Gasteiger partial charge in [-0.25, -0.2) is 13.1 Å². The Kier molecular flexibility index (Phi) is 4.61. The second-order valence-electron chi connectivity index (χ2n) is 4.42. The van der Waals surface area contributed by atoms with Crippen LogP contribution in [0.1, 0.15) is 18.1 Å². The zero-order valence-electron chi connectivity index (χ0n) is 11.0. The first-order valence-corrected chi connectivity index (χ1v) is 7.15. The van der Waals surface area contributed by atoms with Gasteiger partial charge in [-0.05, 0) is 31.9 Å². The lowest BCUT2D eigenvalue weighted by atomic mass is 10.1. The number of nitrogens with two attached hydrogens (primary N) is 1. The van der Waals surface area contributed by atoms with E-state index in [1.807, 2.05) is 0 Å². The largest absolute Gasteiger partial charge is 0.329 e. The van der Waals surface area contributed by atoms with E-state index in [0.29, 0.717) is 11.1 Å². The summed E-state index contributed by atoms with van der Waals surface area (Å²) in [5.74, 6) is 0. The number of nitrogens with one attached hydrogen (secondary N) is 1. The molecule has 106 valence electrons. The van der Waals surface area contributed by atoms with Crippen LogP contribution in [-0.2, 0) is 10.0 Å². The third kappa shape index (κ3) is 3.49. The van der Waals surface area contributed by atoms with Gasteiger partial charge in [-0.2, -0.15) is 0 Å². The molecule has 0 amide bonds. The smallest absolute Gasteiger partial charge is 0.270 e. The molecule has 19 heavy (non-hydrogen) atoms. The summed E-state index contributed by atoms with van der Waals surface area (Å²) in [5, 5.41) is 10.7. The molecule has 0 fully saturated rings. The quantitative estimate of drug-likeness (QED) is 0.615. The van der Waals surface area contributed by atoms with Crippen molar-refractivity contribution >= 4 is 15.7 Å². The van der Waals surface area contributed by atoms with Crippen molar-refractivity contribution in [1.82, 2.24) is 4.72 Å². The highest BCUT2D eigenvalue weighted by Gasteiger charge is 2.23. The van der Waals surface area contributed by atoms with Crippen LogP contribution in [0, 0.1) is 24.0 Å². The number of hydrogen-bond donors (Lipinski definition) is 2. The van der Waals surface area contributed by atoms with Crippen LogP contribution >= 0.6 is 0 Å². The van der Waals surface area contributed by atoms with Gasteiger partial charge in [0.15, 0.2) is 0 Å². The van der Waals surface area contributed by atoms with Gasteiger partial charge in [-0.1, -0.05) is 0 Å². The standard InChI is InChI=1S/C11H17N3O4S/c1-7-4-10(14(15)16)5-8(2)11(7)19(17,18)13-9(3)6-12/h4-5,9,13H,6,12H2,1-3H3/t9-/m0/s1. The van der Waals surface area contributed by atoms with Gasteiger partial charge in [-0.3, -0.25) is 10.1 Å². The topological polar surface area (TPSA) is 115 Å². The maximum atomic E-state index is 12.2. The van der Waals surface area contributed by atoms with Crippen molar-refractivity contribution in [2.24, 2.45) is 5.73 Å². The van der Waals surface area contributed by atoms with E-state index in [0.717, 1.165) is 0 Å². The second kappa shape index (κ2) is 5.64. The van der Waals surface area contributed by atoms with Crippen molar-refractivity contribution in [3.63, 3.8) is 0 Å². The van der Waals surface area contributed by atoms with E-state index < -0.39 is 21.0 Å². The Morgan fingerprint density at radius 1 is 1.37 bits per heavy atom. The molecule has 8 heteroatoms.